The molecule has 0 bridgehead atoms. The molecule has 1 saturated carbocycles. The van der Waals surface area contributed by atoms with E-state index in [2.05, 4.69) is 6.92 Å². The summed E-state index contributed by atoms with van der Waals surface area (Å²) in [4.78, 5) is 14.7. The summed E-state index contributed by atoms with van der Waals surface area (Å²) in [7, 11) is 1.53. The molecule has 0 spiro atoms. The standard InChI is InChI=1S/C20H29ClN2O3.ClH/c1-13-3-5-14(6-4-13)26-15-7-9-23(10-8-15)20(24)16-11-17(21)18(22)12-19(16)25-2;/h11-15H,3-10,22H2,1-2H3;1H. The van der Waals surface area contributed by atoms with Crippen molar-refractivity contribution in [2.45, 2.75) is 57.7 Å². The monoisotopic (exact) mass is 416 g/mol. The molecule has 7 heteroatoms. The van der Waals surface area contributed by atoms with E-state index in [0.717, 1.165) is 18.8 Å². The zero-order valence-electron chi connectivity index (χ0n) is 16.1. The van der Waals surface area contributed by atoms with E-state index in [4.69, 9.17) is 26.8 Å². The molecule has 0 unspecified atom stereocenters. The molecule has 1 saturated heterocycles. The van der Waals surface area contributed by atoms with Crippen LogP contribution in [-0.4, -0.2) is 43.2 Å². The molecule has 1 aliphatic heterocycles. The van der Waals surface area contributed by atoms with Gasteiger partial charge in [0.05, 0.1) is 35.6 Å². The number of piperidine rings is 1. The summed E-state index contributed by atoms with van der Waals surface area (Å²) in [6.07, 6.45) is 7.28. The lowest BCUT2D eigenvalue weighted by Gasteiger charge is -2.36. The number of carbonyl (C=O) groups is 1. The van der Waals surface area contributed by atoms with Gasteiger partial charge in [0.15, 0.2) is 0 Å². The summed E-state index contributed by atoms with van der Waals surface area (Å²) in [6, 6.07) is 3.21. The minimum atomic E-state index is -0.0614. The summed E-state index contributed by atoms with van der Waals surface area (Å²) >= 11 is 6.10. The molecule has 27 heavy (non-hydrogen) atoms. The van der Waals surface area contributed by atoms with Crippen molar-refractivity contribution in [3.63, 3.8) is 0 Å². The second kappa shape index (κ2) is 9.85. The van der Waals surface area contributed by atoms with Crippen molar-refractivity contribution in [2.24, 2.45) is 5.92 Å². The number of hydrogen-bond acceptors (Lipinski definition) is 4. The third kappa shape index (κ3) is 5.43. The Kier molecular flexibility index (Phi) is 8.07. The third-order valence-electron chi connectivity index (χ3n) is 5.63. The second-order valence-corrected chi connectivity index (χ2v) is 7.99. The molecule has 2 aliphatic rings. The maximum absolute atomic E-state index is 12.9. The first-order chi connectivity index (χ1) is 12.5. The molecule has 2 N–H and O–H groups in total. The van der Waals surface area contributed by atoms with Crippen LogP contribution in [0, 0.1) is 5.92 Å². The zero-order valence-corrected chi connectivity index (χ0v) is 17.7. The Labute approximate surface area is 172 Å². The van der Waals surface area contributed by atoms with Crippen molar-refractivity contribution in [1.82, 2.24) is 4.90 Å². The quantitative estimate of drug-likeness (QED) is 0.730. The molecule has 0 atom stereocenters. The van der Waals surface area contributed by atoms with Gasteiger partial charge in [-0.2, -0.15) is 0 Å². The molecule has 1 aromatic rings. The molecule has 0 radical (unpaired) electrons. The van der Waals surface area contributed by atoms with E-state index in [1.807, 2.05) is 4.90 Å². The van der Waals surface area contributed by atoms with Crippen LogP contribution in [0.1, 0.15) is 55.8 Å². The van der Waals surface area contributed by atoms with Crippen LogP contribution in [0.5, 0.6) is 5.75 Å². The summed E-state index contributed by atoms with van der Waals surface area (Å²) in [5.74, 6) is 1.23. The third-order valence-corrected chi connectivity index (χ3v) is 5.95. The van der Waals surface area contributed by atoms with Crippen LogP contribution in [0.15, 0.2) is 12.1 Å². The number of hydrogen-bond donors (Lipinski definition) is 1. The van der Waals surface area contributed by atoms with E-state index < -0.39 is 0 Å². The van der Waals surface area contributed by atoms with E-state index >= 15 is 0 Å². The lowest BCUT2D eigenvalue weighted by molar-refractivity contribution is -0.0570. The maximum atomic E-state index is 12.9. The smallest absolute Gasteiger partial charge is 0.257 e. The first-order valence-electron chi connectivity index (χ1n) is 9.55. The predicted molar refractivity (Wildman–Crippen MR) is 111 cm³/mol. The number of likely N-dealkylation sites (tertiary alicyclic amines) is 1. The van der Waals surface area contributed by atoms with Crippen LogP contribution in [0.25, 0.3) is 0 Å². The average Bonchev–Trinajstić information content (AvgIpc) is 2.65. The molecule has 1 aromatic carbocycles. The summed E-state index contributed by atoms with van der Waals surface area (Å²) in [5.41, 5.74) is 6.68. The number of nitrogen functional groups attached to an aromatic ring is 1. The number of amides is 1. The van der Waals surface area contributed by atoms with Crippen LogP contribution in [0.2, 0.25) is 5.02 Å². The van der Waals surface area contributed by atoms with Crippen molar-refractivity contribution < 1.29 is 14.3 Å². The van der Waals surface area contributed by atoms with Gasteiger partial charge in [-0.25, -0.2) is 0 Å². The van der Waals surface area contributed by atoms with E-state index in [9.17, 15) is 4.79 Å². The van der Waals surface area contributed by atoms with Crippen molar-refractivity contribution in [1.29, 1.82) is 0 Å². The number of ether oxygens (including phenoxy) is 2. The number of carbonyl (C=O) groups excluding carboxylic acids is 1. The summed E-state index contributed by atoms with van der Waals surface area (Å²) in [5, 5.41) is 0.374. The second-order valence-electron chi connectivity index (χ2n) is 7.58. The topological polar surface area (TPSA) is 64.8 Å². The van der Waals surface area contributed by atoms with Crippen LogP contribution >= 0.6 is 24.0 Å². The van der Waals surface area contributed by atoms with Crippen molar-refractivity contribution >= 4 is 35.6 Å². The lowest BCUT2D eigenvalue weighted by Crippen LogP contribution is -2.42. The normalized spacial score (nSPS) is 23.6. The number of nitrogens with zero attached hydrogens (tertiary/aromatic N) is 1. The fraction of sp³-hybridized carbons (Fsp3) is 0.650. The Morgan fingerprint density at radius 1 is 1.11 bits per heavy atom. The van der Waals surface area contributed by atoms with Crippen LogP contribution in [-0.2, 0) is 4.74 Å². The number of nitrogens with two attached hydrogens (primary N) is 1. The Morgan fingerprint density at radius 2 is 1.70 bits per heavy atom. The summed E-state index contributed by atoms with van der Waals surface area (Å²) < 4.78 is 11.6. The van der Waals surface area contributed by atoms with Gasteiger partial charge < -0.3 is 20.1 Å². The van der Waals surface area contributed by atoms with Crippen LogP contribution in [0.4, 0.5) is 5.69 Å². The van der Waals surface area contributed by atoms with Gasteiger partial charge in [-0.15, -0.1) is 12.4 Å². The van der Waals surface area contributed by atoms with Crippen molar-refractivity contribution in [3.8, 4) is 5.75 Å². The first-order valence-corrected chi connectivity index (χ1v) is 9.93. The molecule has 5 nitrogen and oxygen atoms in total. The number of methoxy groups -OCH3 is 1. The molecule has 1 amide bonds. The fourth-order valence-electron chi connectivity index (χ4n) is 3.91. The SMILES string of the molecule is COc1cc(N)c(Cl)cc1C(=O)N1CCC(OC2CCC(C)CC2)CC1.Cl. The number of halogens is 2. The van der Waals surface area contributed by atoms with E-state index in [1.54, 1.807) is 12.1 Å². The van der Waals surface area contributed by atoms with Crippen LogP contribution in [0.3, 0.4) is 0 Å². The molecule has 2 fully saturated rings. The molecule has 0 aromatic heterocycles. The Hall–Kier alpha value is -1.17. The number of rotatable bonds is 4. The van der Waals surface area contributed by atoms with E-state index in [-0.39, 0.29) is 24.4 Å². The van der Waals surface area contributed by atoms with Gasteiger partial charge in [-0.1, -0.05) is 18.5 Å². The van der Waals surface area contributed by atoms with E-state index in [1.165, 1.54) is 32.8 Å². The van der Waals surface area contributed by atoms with Crippen molar-refractivity contribution in [2.75, 3.05) is 25.9 Å². The Bertz CT molecular complexity index is 640. The fourth-order valence-corrected chi connectivity index (χ4v) is 4.07. The minimum absolute atomic E-state index is 0. The molecule has 1 aliphatic carbocycles. The highest BCUT2D eigenvalue weighted by molar-refractivity contribution is 6.33. The molecule has 3 rings (SSSR count). The van der Waals surface area contributed by atoms with Gasteiger partial charge in [0.1, 0.15) is 5.75 Å². The molecule has 1 heterocycles. The van der Waals surface area contributed by atoms with Crippen molar-refractivity contribution in [3.05, 3.63) is 22.7 Å². The Morgan fingerprint density at radius 3 is 2.30 bits per heavy atom. The largest absolute Gasteiger partial charge is 0.496 e. The van der Waals surface area contributed by atoms with Crippen LogP contribution < -0.4 is 10.5 Å². The predicted octanol–water partition coefficient (Wildman–Crippen LogP) is 4.55. The highest BCUT2D eigenvalue weighted by Gasteiger charge is 2.29. The highest BCUT2D eigenvalue weighted by atomic mass is 35.5. The Balaban J connectivity index is 0.00000261. The highest BCUT2D eigenvalue weighted by Crippen LogP contribution is 2.31. The van der Waals surface area contributed by atoms with Gasteiger partial charge in [-0.3, -0.25) is 4.79 Å². The summed E-state index contributed by atoms with van der Waals surface area (Å²) in [6.45, 7) is 3.70. The van der Waals surface area contributed by atoms with Gasteiger partial charge in [0, 0.05) is 19.2 Å². The number of benzene rings is 1. The zero-order chi connectivity index (χ0) is 18.7. The molecular formula is C20H30Cl2N2O3. The van der Waals surface area contributed by atoms with Gasteiger partial charge in [0.2, 0.25) is 0 Å². The van der Waals surface area contributed by atoms with E-state index in [0.29, 0.717) is 41.2 Å². The first kappa shape index (κ1) is 22.1. The lowest BCUT2D eigenvalue weighted by atomic mass is 9.88. The maximum Gasteiger partial charge on any atom is 0.257 e. The molecule has 152 valence electrons. The average molecular weight is 417 g/mol. The van der Waals surface area contributed by atoms with Gasteiger partial charge in [-0.05, 0) is 50.5 Å². The van der Waals surface area contributed by atoms with Gasteiger partial charge >= 0.3 is 0 Å². The van der Waals surface area contributed by atoms with Gasteiger partial charge in [0.25, 0.3) is 5.91 Å². The molecular weight excluding hydrogens is 387 g/mol. The minimum Gasteiger partial charge on any atom is -0.496 e. The number of anilines is 1.